The lowest BCUT2D eigenvalue weighted by Gasteiger charge is -2.19. The van der Waals surface area contributed by atoms with Crippen LogP contribution in [0.2, 0.25) is 0 Å². The number of nitro groups is 1. The minimum absolute atomic E-state index is 0.0540. The zero-order valence-electron chi connectivity index (χ0n) is 11.0. The number of anilines is 1. The molecule has 0 spiro atoms. The molecule has 0 heterocycles. The lowest BCUT2D eigenvalue weighted by molar-refractivity contribution is -0.384. The predicted octanol–water partition coefficient (Wildman–Crippen LogP) is 1.47. The third-order valence-corrected chi connectivity index (χ3v) is 2.72. The quantitative estimate of drug-likeness (QED) is 0.457. The molecule has 1 unspecified atom stereocenters. The first-order valence-electron chi connectivity index (χ1n) is 5.80. The Balaban J connectivity index is 2.92. The molecule has 7 nitrogen and oxygen atoms in total. The third kappa shape index (κ3) is 3.91. The number of nitrogens with two attached hydrogens (primary N) is 1. The second-order valence-electron chi connectivity index (χ2n) is 4.44. The standard InChI is InChI=1S/C12H17N5O2/c1-9(6-13)7-16(2)8-10-4-3-5-11(17(18)19)12(10)15-14/h3-5,9,15H,7-8,14H2,1-2H3. The molecule has 102 valence electrons. The Morgan fingerprint density at radius 3 is 2.84 bits per heavy atom. The number of hydrazine groups is 1. The summed E-state index contributed by atoms with van der Waals surface area (Å²) in [5.41, 5.74) is 3.37. The fourth-order valence-electron chi connectivity index (χ4n) is 1.90. The van der Waals surface area contributed by atoms with Crippen molar-refractivity contribution in [3.05, 3.63) is 33.9 Å². The van der Waals surface area contributed by atoms with Crippen molar-refractivity contribution < 1.29 is 4.92 Å². The summed E-state index contributed by atoms with van der Waals surface area (Å²) < 4.78 is 0. The predicted molar refractivity (Wildman–Crippen MR) is 72.0 cm³/mol. The third-order valence-electron chi connectivity index (χ3n) is 2.72. The monoisotopic (exact) mass is 263 g/mol. The topological polar surface area (TPSA) is 108 Å². The van der Waals surface area contributed by atoms with Gasteiger partial charge in [-0.3, -0.25) is 16.0 Å². The Bertz CT molecular complexity index is 497. The number of hydrogen-bond donors (Lipinski definition) is 2. The van der Waals surface area contributed by atoms with Crippen LogP contribution < -0.4 is 11.3 Å². The number of hydrogen-bond acceptors (Lipinski definition) is 6. The normalized spacial score (nSPS) is 11.9. The van der Waals surface area contributed by atoms with Gasteiger partial charge in [0.05, 0.1) is 16.9 Å². The second-order valence-corrected chi connectivity index (χ2v) is 4.44. The van der Waals surface area contributed by atoms with E-state index in [-0.39, 0.29) is 11.6 Å². The number of benzene rings is 1. The van der Waals surface area contributed by atoms with Crippen molar-refractivity contribution in [2.45, 2.75) is 13.5 Å². The summed E-state index contributed by atoms with van der Waals surface area (Å²) in [5.74, 6) is 5.27. The van der Waals surface area contributed by atoms with Gasteiger partial charge in [0.2, 0.25) is 0 Å². The number of nitrogens with one attached hydrogen (secondary N) is 1. The zero-order valence-corrected chi connectivity index (χ0v) is 11.0. The molecule has 0 saturated carbocycles. The molecule has 0 aliphatic heterocycles. The smallest absolute Gasteiger partial charge is 0.293 e. The van der Waals surface area contributed by atoms with Crippen LogP contribution in [0.5, 0.6) is 0 Å². The van der Waals surface area contributed by atoms with Crippen LogP contribution in [0.4, 0.5) is 11.4 Å². The van der Waals surface area contributed by atoms with Crippen LogP contribution in [-0.4, -0.2) is 23.4 Å². The number of nitro benzene ring substituents is 1. The molecule has 1 aromatic rings. The number of nitrogen functional groups attached to an aromatic ring is 1. The first kappa shape index (κ1) is 14.9. The number of para-hydroxylation sites is 1. The van der Waals surface area contributed by atoms with Crippen LogP contribution in [0.3, 0.4) is 0 Å². The molecule has 1 aromatic carbocycles. The fraction of sp³-hybridized carbons (Fsp3) is 0.417. The maximum absolute atomic E-state index is 10.9. The Hall–Kier alpha value is -2.17. The van der Waals surface area contributed by atoms with Crippen molar-refractivity contribution in [3.63, 3.8) is 0 Å². The molecule has 1 atom stereocenters. The van der Waals surface area contributed by atoms with Crippen molar-refractivity contribution in [1.82, 2.24) is 4.90 Å². The average molecular weight is 263 g/mol. The minimum atomic E-state index is -0.476. The molecule has 19 heavy (non-hydrogen) atoms. The van der Waals surface area contributed by atoms with Crippen LogP contribution in [0.15, 0.2) is 18.2 Å². The van der Waals surface area contributed by atoms with E-state index in [0.717, 1.165) is 5.56 Å². The highest BCUT2D eigenvalue weighted by atomic mass is 16.6. The first-order chi connectivity index (χ1) is 8.99. The van der Waals surface area contributed by atoms with Gasteiger partial charge in [-0.1, -0.05) is 12.1 Å². The van der Waals surface area contributed by atoms with Crippen LogP contribution in [0.25, 0.3) is 0 Å². The Labute approximate surface area is 111 Å². The summed E-state index contributed by atoms with van der Waals surface area (Å²) >= 11 is 0. The van der Waals surface area contributed by atoms with Gasteiger partial charge in [0, 0.05) is 19.2 Å². The molecule has 0 radical (unpaired) electrons. The first-order valence-corrected chi connectivity index (χ1v) is 5.80. The van der Waals surface area contributed by atoms with Crippen LogP contribution >= 0.6 is 0 Å². The molecular weight excluding hydrogens is 246 g/mol. The fourth-order valence-corrected chi connectivity index (χ4v) is 1.90. The van der Waals surface area contributed by atoms with Gasteiger partial charge in [0.15, 0.2) is 0 Å². The van der Waals surface area contributed by atoms with Gasteiger partial charge in [-0.05, 0) is 19.5 Å². The van der Waals surface area contributed by atoms with Crippen LogP contribution in [0, 0.1) is 27.4 Å². The molecule has 0 aliphatic rings. The molecule has 0 aliphatic carbocycles. The van der Waals surface area contributed by atoms with Gasteiger partial charge in [-0.15, -0.1) is 0 Å². The maximum Gasteiger partial charge on any atom is 0.293 e. The zero-order chi connectivity index (χ0) is 14.4. The van der Waals surface area contributed by atoms with E-state index in [1.807, 2.05) is 18.9 Å². The van der Waals surface area contributed by atoms with Gasteiger partial charge < -0.3 is 10.3 Å². The maximum atomic E-state index is 10.9. The van der Waals surface area contributed by atoms with E-state index in [2.05, 4.69) is 11.5 Å². The van der Waals surface area contributed by atoms with Crippen molar-refractivity contribution in [2.24, 2.45) is 11.8 Å². The van der Waals surface area contributed by atoms with E-state index < -0.39 is 4.92 Å². The van der Waals surface area contributed by atoms with E-state index >= 15 is 0 Å². The van der Waals surface area contributed by atoms with Gasteiger partial charge in [-0.2, -0.15) is 5.26 Å². The molecule has 0 saturated heterocycles. The molecule has 0 fully saturated rings. The number of nitrogens with zero attached hydrogens (tertiary/aromatic N) is 3. The molecule has 1 rings (SSSR count). The van der Waals surface area contributed by atoms with Crippen molar-refractivity contribution in [1.29, 1.82) is 5.26 Å². The molecule has 0 amide bonds. The summed E-state index contributed by atoms with van der Waals surface area (Å²) in [6.07, 6.45) is 0. The minimum Gasteiger partial charge on any atom is -0.318 e. The average Bonchev–Trinajstić information content (AvgIpc) is 2.37. The van der Waals surface area contributed by atoms with Gasteiger partial charge >= 0.3 is 0 Å². The number of rotatable bonds is 6. The van der Waals surface area contributed by atoms with E-state index in [1.165, 1.54) is 6.07 Å². The summed E-state index contributed by atoms with van der Waals surface area (Å²) in [4.78, 5) is 12.3. The Morgan fingerprint density at radius 1 is 1.63 bits per heavy atom. The summed E-state index contributed by atoms with van der Waals surface area (Å²) in [5, 5.41) is 19.7. The Morgan fingerprint density at radius 2 is 2.32 bits per heavy atom. The van der Waals surface area contributed by atoms with Crippen molar-refractivity contribution in [3.8, 4) is 6.07 Å². The highest BCUT2D eigenvalue weighted by Gasteiger charge is 2.17. The van der Waals surface area contributed by atoms with Gasteiger partial charge in [0.25, 0.3) is 5.69 Å². The SMILES string of the molecule is CC(C#N)CN(C)Cc1cccc([N+](=O)[O-])c1NN. The highest BCUT2D eigenvalue weighted by molar-refractivity contribution is 5.65. The number of nitriles is 1. The van der Waals surface area contributed by atoms with Crippen molar-refractivity contribution >= 4 is 11.4 Å². The highest BCUT2D eigenvalue weighted by Crippen LogP contribution is 2.28. The summed E-state index contributed by atoms with van der Waals surface area (Å²) in [6, 6.07) is 6.94. The van der Waals surface area contributed by atoms with Crippen LogP contribution in [0.1, 0.15) is 12.5 Å². The molecule has 0 bridgehead atoms. The summed E-state index contributed by atoms with van der Waals surface area (Å²) in [7, 11) is 1.85. The van der Waals surface area contributed by atoms with Gasteiger partial charge in [0.1, 0.15) is 5.69 Å². The lowest BCUT2D eigenvalue weighted by Crippen LogP contribution is -2.24. The summed E-state index contributed by atoms with van der Waals surface area (Å²) in [6.45, 7) is 2.89. The molecule has 3 N–H and O–H groups in total. The molecule has 0 aromatic heterocycles. The molecular formula is C12H17N5O2. The largest absolute Gasteiger partial charge is 0.318 e. The van der Waals surface area contributed by atoms with Crippen molar-refractivity contribution in [2.75, 3.05) is 19.0 Å². The van der Waals surface area contributed by atoms with E-state index in [9.17, 15) is 10.1 Å². The lowest BCUT2D eigenvalue weighted by atomic mass is 10.1. The van der Waals surface area contributed by atoms with Gasteiger partial charge in [-0.25, -0.2) is 0 Å². The van der Waals surface area contributed by atoms with E-state index in [0.29, 0.717) is 18.8 Å². The Kier molecular flexibility index (Phi) is 5.23. The second kappa shape index (κ2) is 6.68. The van der Waals surface area contributed by atoms with E-state index in [1.54, 1.807) is 12.1 Å². The van der Waals surface area contributed by atoms with E-state index in [4.69, 9.17) is 11.1 Å². The van der Waals surface area contributed by atoms with Crippen LogP contribution in [-0.2, 0) is 6.54 Å². The molecule has 7 heteroatoms.